The molecule has 1 aromatic rings. The van der Waals surface area contributed by atoms with Crippen LogP contribution in [0.2, 0.25) is 39.3 Å². The molecule has 0 aliphatic heterocycles. The lowest BCUT2D eigenvalue weighted by atomic mass is 10.2. The lowest BCUT2D eigenvalue weighted by Gasteiger charge is -2.27. The average Bonchev–Trinajstić information content (AvgIpc) is 2.56. The summed E-state index contributed by atoms with van der Waals surface area (Å²) in [6, 6.07) is 4.26. The van der Waals surface area contributed by atoms with Crippen molar-refractivity contribution in [1.29, 1.82) is 0 Å². The van der Waals surface area contributed by atoms with Crippen molar-refractivity contribution in [3.63, 3.8) is 0 Å². The Morgan fingerprint density at radius 3 is 1.55 bits per heavy atom. The van der Waals surface area contributed by atoms with Crippen LogP contribution >= 0.6 is 0 Å². The molecule has 0 spiro atoms. The minimum Gasteiger partial charge on any atom is -0.443 e. The zero-order valence-corrected chi connectivity index (χ0v) is 16.4. The highest BCUT2D eigenvalue weighted by Crippen LogP contribution is 2.12. The molecule has 0 N–H and O–H groups in total. The van der Waals surface area contributed by atoms with E-state index in [4.69, 9.17) is 4.74 Å². The first-order chi connectivity index (χ1) is 8.73. The molecule has 0 atom stereocenters. The van der Waals surface area contributed by atoms with E-state index in [9.17, 15) is 4.79 Å². The van der Waals surface area contributed by atoms with E-state index in [0.717, 1.165) is 10.6 Å². The molecular formula is C15H29NO2Si2. The number of ether oxygens (including phenoxy) is 1. The van der Waals surface area contributed by atoms with E-state index in [1.54, 1.807) is 0 Å². The predicted octanol–water partition coefficient (Wildman–Crippen LogP) is 3.36. The quantitative estimate of drug-likeness (QED) is 0.784. The maximum absolute atomic E-state index is 12.6. The van der Waals surface area contributed by atoms with Crippen LogP contribution in [0.3, 0.4) is 0 Å². The van der Waals surface area contributed by atoms with Gasteiger partial charge in [0.15, 0.2) is 0 Å². The van der Waals surface area contributed by atoms with Crippen molar-refractivity contribution in [3.8, 4) is 0 Å². The largest absolute Gasteiger partial charge is 0.443 e. The first kappa shape index (κ1) is 17.2. The molecule has 1 aromatic heterocycles. The van der Waals surface area contributed by atoms with E-state index < -0.39 is 21.7 Å². The van der Waals surface area contributed by atoms with Gasteiger partial charge in [-0.25, -0.2) is 4.79 Å². The van der Waals surface area contributed by atoms with Gasteiger partial charge in [0.25, 0.3) is 0 Å². The average molecular weight is 312 g/mol. The molecule has 114 valence electrons. The second kappa shape index (κ2) is 5.18. The van der Waals surface area contributed by atoms with Crippen LogP contribution < -0.4 is 10.6 Å². The first-order valence-electron chi connectivity index (χ1n) is 7.19. The van der Waals surface area contributed by atoms with Gasteiger partial charge in [-0.1, -0.05) is 39.3 Å². The van der Waals surface area contributed by atoms with E-state index in [1.165, 1.54) is 0 Å². The van der Waals surface area contributed by atoms with Crippen LogP contribution in [-0.4, -0.2) is 32.4 Å². The monoisotopic (exact) mass is 311 g/mol. The van der Waals surface area contributed by atoms with Crippen LogP contribution in [0, 0.1) is 0 Å². The standard InChI is InChI=1S/C15H29NO2Si2/c1-15(2,3)18-14(17)16-12(19(4,5)6)10-11-13(16)20(7,8)9/h10-11H,1-9H3. The Bertz CT molecular complexity index is 468. The zero-order chi connectivity index (χ0) is 15.9. The molecule has 0 aliphatic rings. The SMILES string of the molecule is CC(C)(C)OC(=O)n1c([Si](C)(C)C)ccc1[Si](C)(C)C. The molecule has 3 nitrogen and oxygen atoms in total. The van der Waals surface area contributed by atoms with E-state index >= 15 is 0 Å². The van der Waals surface area contributed by atoms with Crippen LogP contribution in [0.15, 0.2) is 12.1 Å². The summed E-state index contributed by atoms with van der Waals surface area (Å²) in [7, 11) is -3.18. The van der Waals surface area contributed by atoms with Gasteiger partial charge in [-0.2, -0.15) is 0 Å². The van der Waals surface area contributed by atoms with Crippen molar-refractivity contribution in [3.05, 3.63) is 12.1 Å². The number of carbonyl (C=O) groups is 1. The van der Waals surface area contributed by atoms with E-state index in [-0.39, 0.29) is 6.09 Å². The van der Waals surface area contributed by atoms with Gasteiger partial charge in [-0.05, 0) is 32.9 Å². The molecule has 0 aromatic carbocycles. The Morgan fingerprint density at radius 2 is 1.30 bits per heavy atom. The van der Waals surface area contributed by atoms with Crippen molar-refractivity contribution in [2.75, 3.05) is 0 Å². The first-order valence-corrected chi connectivity index (χ1v) is 14.2. The third-order valence-corrected chi connectivity index (χ3v) is 6.85. The third-order valence-electron chi connectivity index (χ3n) is 2.99. The molecule has 1 rings (SSSR count). The van der Waals surface area contributed by atoms with Crippen LogP contribution in [0.1, 0.15) is 20.8 Å². The highest BCUT2D eigenvalue weighted by atomic mass is 28.3. The number of nitrogens with zero attached hydrogens (tertiary/aromatic N) is 1. The molecule has 0 fully saturated rings. The number of hydrogen-bond acceptors (Lipinski definition) is 2. The lowest BCUT2D eigenvalue weighted by Crippen LogP contribution is -2.54. The molecule has 0 aliphatic carbocycles. The third kappa shape index (κ3) is 4.09. The lowest BCUT2D eigenvalue weighted by molar-refractivity contribution is 0.0546. The summed E-state index contributed by atoms with van der Waals surface area (Å²) in [5, 5.41) is 2.31. The fourth-order valence-electron chi connectivity index (χ4n) is 2.11. The molecule has 0 saturated heterocycles. The Labute approximate surface area is 125 Å². The van der Waals surface area contributed by atoms with Crippen LogP contribution in [0.4, 0.5) is 4.79 Å². The van der Waals surface area contributed by atoms with Crippen molar-refractivity contribution < 1.29 is 9.53 Å². The molecule has 5 heteroatoms. The summed E-state index contributed by atoms with van der Waals surface area (Å²) in [4.78, 5) is 12.6. The van der Waals surface area contributed by atoms with Gasteiger partial charge < -0.3 is 4.74 Å². The van der Waals surface area contributed by atoms with Crippen molar-refractivity contribution >= 4 is 32.9 Å². The summed E-state index contributed by atoms with van der Waals surface area (Å²) in [6.45, 7) is 19.3. The summed E-state index contributed by atoms with van der Waals surface area (Å²) in [6.07, 6.45) is -0.225. The summed E-state index contributed by atoms with van der Waals surface area (Å²) in [5.74, 6) is 0. The van der Waals surface area contributed by atoms with E-state index in [0.29, 0.717) is 0 Å². The van der Waals surface area contributed by atoms with Crippen LogP contribution in [-0.2, 0) is 4.74 Å². The zero-order valence-electron chi connectivity index (χ0n) is 14.4. The predicted molar refractivity (Wildman–Crippen MR) is 92.0 cm³/mol. The van der Waals surface area contributed by atoms with Crippen molar-refractivity contribution in [2.45, 2.75) is 65.7 Å². The summed E-state index contributed by atoms with van der Waals surface area (Å²) >= 11 is 0. The normalized spacial score (nSPS) is 13.4. The minimum atomic E-state index is -1.59. The Kier molecular flexibility index (Phi) is 4.47. The molecule has 0 bridgehead atoms. The fourth-order valence-corrected chi connectivity index (χ4v) is 5.16. The maximum Gasteiger partial charge on any atom is 0.418 e. The van der Waals surface area contributed by atoms with Gasteiger partial charge in [0.05, 0.1) is 16.1 Å². The van der Waals surface area contributed by atoms with Gasteiger partial charge in [0.1, 0.15) is 5.60 Å². The number of carbonyl (C=O) groups excluding carboxylic acids is 1. The maximum atomic E-state index is 12.6. The minimum absolute atomic E-state index is 0.225. The van der Waals surface area contributed by atoms with Gasteiger partial charge >= 0.3 is 6.09 Å². The molecule has 0 radical (unpaired) electrons. The van der Waals surface area contributed by atoms with E-state index in [1.807, 2.05) is 25.3 Å². The Hall–Kier alpha value is -0.816. The molecule has 0 unspecified atom stereocenters. The van der Waals surface area contributed by atoms with Gasteiger partial charge in [0.2, 0.25) is 0 Å². The molecule has 0 amide bonds. The molecular weight excluding hydrogens is 282 g/mol. The fraction of sp³-hybridized carbons (Fsp3) is 0.667. The Balaban J connectivity index is 3.40. The van der Waals surface area contributed by atoms with Gasteiger partial charge in [-0.3, -0.25) is 4.57 Å². The second-order valence-electron chi connectivity index (χ2n) is 8.42. The summed E-state index contributed by atoms with van der Waals surface area (Å²) < 4.78 is 7.49. The number of aromatic nitrogens is 1. The molecule has 20 heavy (non-hydrogen) atoms. The summed E-state index contributed by atoms with van der Waals surface area (Å²) in [5.41, 5.74) is -0.464. The highest BCUT2D eigenvalue weighted by molar-refractivity contribution is 6.91. The van der Waals surface area contributed by atoms with Crippen LogP contribution in [0.25, 0.3) is 0 Å². The smallest absolute Gasteiger partial charge is 0.418 e. The van der Waals surface area contributed by atoms with Gasteiger partial charge in [-0.15, -0.1) is 0 Å². The van der Waals surface area contributed by atoms with E-state index in [2.05, 4.69) is 51.4 Å². The van der Waals surface area contributed by atoms with Crippen molar-refractivity contribution in [2.24, 2.45) is 0 Å². The molecule has 0 saturated carbocycles. The Morgan fingerprint density at radius 1 is 0.950 bits per heavy atom. The molecule has 1 heterocycles. The van der Waals surface area contributed by atoms with Crippen LogP contribution in [0.5, 0.6) is 0 Å². The number of rotatable bonds is 2. The van der Waals surface area contributed by atoms with Gasteiger partial charge in [0, 0.05) is 10.6 Å². The number of hydrogen-bond donors (Lipinski definition) is 0. The van der Waals surface area contributed by atoms with Crippen molar-refractivity contribution in [1.82, 2.24) is 4.57 Å². The highest BCUT2D eigenvalue weighted by Gasteiger charge is 2.32. The topological polar surface area (TPSA) is 31.2 Å². The second-order valence-corrected chi connectivity index (χ2v) is 18.4.